The zero-order valence-corrected chi connectivity index (χ0v) is 17.7. The monoisotopic (exact) mass is 457 g/mol. The number of fused-ring (bicyclic) bond motifs is 1. The van der Waals surface area contributed by atoms with E-state index in [0.29, 0.717) is 17.2 Å². The average molecular weight is 457 g/mol. The summed E-state index contributed by atoms with van der Waals surface area (Å²) in [5, 5.41) is 13.7. The van der Waals surface area contributed by atoms with Crippen molar-refractivity contribution in [3.63, 3.8) is 0 Å². The summed E-state index contributed by atoms with van der Waals surface area (Å²) in [6.45, 7) is -0.944. The maximum atomic E-state index is 12.5. The lowest BCUT2D eigenvalue weighted by molar-refractivity contribution is -0.385. The molecule has 0 bridgehead atoms. The van der Waals surface area contributed by atoms with Crippen LogP contribution < -0.4 is 14.8 Å². The zero-order chi connectivity index (χ0) is 24.1. The zero-order valence-electron chi connectivity index (χ0n) is 17.7. The van der Waals surface area contributed by atoms with E-state index in [1.54, 1.807) is 12.1 Å². The largest absolute Gasteiger partial charge is 0.493 e. The Morgan fingerprint density at radius 1 is 1.06 bits per heavy atom. The van der Waals surface area contributed by atoms with Gasteiger partial charge in [0, 0.05) is 24.4 Å². The van der Waals surface area contributed by atoms with Gasteiger partial charge in [0.05, 0.1) is 31.1 Å². The molecule has 3 amide bonds. The molecule has 1 aliphatic heterocycles. The van der Waals surface area contributed by atoms with E-state index < -0.39 is 40.9 Å². The maximum Gasteiger partial charge on any atom is 0.308 e. The molecule has 1 N–H and O–H groups in total. The highest BCUT2D eigenvalue weighted by molar-refractivity contribution is 6.23. The van der Waals surface area contributed by atoms with Crippen LogP contribution >= 0.6 is 0 Å². The molecule has 0 aromatic heterocycles. The Morgan fingerprint density at radius 2 is 1.79 bits per heavy atom. The van der Waals surface area contributed by atoms with E-state index in [2.05, 4.69) is 5.32 Å². The number of hydrogen-bond donors (Lipinski definition) is 1. The van der Waals surface area contributed by atoms with Gasteiger partial charge in [-0.05, 0) is 18.2 Å². The van der Waals surface area contributed by atoms with Crippen molar-refractivity contribution in [1.29, 1.82) is 0 Å². The van der Waals surface area contributed by atoms with E-state index in [-0.39, 0.29) is 24.1 Å². The number of nitrogens with zero attached hydrogens (tertiary/aromatic N) is 2. The second-order valence-electron chi connectivity index (χ2n) is 6.75. The molecule has 1 heterocycles. The Bertz CT molecular complexity index is 1150. The van der Waals surface area contributed by atoms with Crippen LogP contribution in [0.4, 0.5) is 11.4 Å². The third-order valence-electron chi connectivity index (χ3n) is 4.74. The molecule has 3 rings (SSSR count). The lowest BCUT2D eigenvalue weighted by atomic mass is 10.1. The van der Waals surface area contributed by atoms with Gasteiger partial charge < -0.3 is 19.5 Å². The summed E-state index contributed by atoms with van der Waals surface area (Å²) in [6.07, 6.45) is -0.386. The second-order valence-corrected chi connectivity index (χ2v) is 6.75. The van der Waals surface area contributed by atoms with Crippen LogP contribution in [0, 0.1) is 10.1 Å². The fourth-order valence-electron chi connectivity index (χ4n) is 3.20. The van der Waals surface area contributed by atoms with E-state index in [1.807, 2.05) is 0 Å². The van der Waals surface area contributed by atoms with Gasteiger partial charge in [0.1, 0.15) is 5.56 Å². The number of rotatable bonds is 9. The lowest BCUT2D eigenvalue weighted by Gasteiger charge is -2.13. The van der Waals surface area contributed by atoms with Crippen LogP contribution in [0.3, 0.4) is 0 Å². The highest BCUT2D eigenvalue weighted by Crippen LogP contribution is 2.31. The van der Waals surface area contributed by atoms with E-state index >= 15 is 0 Å². The van der Waals surface area contributed by atoms with Crippen LogP contribution in [0.1, 0.15) is 27.1 Å². The number of anilines is 1. The molecule has 2 aromatic carbocycles. The number of ether oxygens (including phenoxy) is 3. The number of esters is 1. The number of carbonyl (C=O) groups excluding carboxylic acids is 4. The quantitative estimate of drug-likeness (QED) is 0.257. The fourth-order valence-corrected chi connectivity index (χ4v) is 3.20. The molecule has 0 fully saturated rings. The first-order valence-corrected chi connectivity index (χ1v) is 9.58. The third kappa shape index (κ3) is 4.89. The van der Waals surface area contributed by atoms with Crippen LogP contribution in [0.15, 0.2) is 36.4 Å². The van der Waals surface area contributed by atoms with Gasteiger partial charge in [-0.25, -0.2) is 0 Å². The van der Waals surface area contributed by atoms with Crippen LogP contribution in [0.5, 0.6) is 11.5 Å². The maximum absolute atomic E-state index is 12.5. The van der Waals surface area contributed by atoms with Gasteiger partial charge in [-0.15, -0.1) is 0 Å². The fraction of sp³-hybridized carbons (Fsp3) is 0.238. The summed E-state index contributed by atoms with van der Waals surface area (Å²) in [4.78, 5) is 60.1. The minimum atomic E-state index is -0.860. The summed E-state index contributed by atoms with van der Waals surface area (Å²) >= 11 is 0. The predicted molar refractivity (Wildman–Crippen MR) is 112 cm³/mol. The van der Waals surface area contributed by atoms with Gasteiger partial charge in [0.25, 0.3) is 23.4 Å². The van der Waals surface area contributed by atoms with E-state index in [1.165, 1.54) is 32.4 Å². The Kier molecular flexibility index (Phi) is 6.86. The van der Waals surface area contributed by atoms with E-state index in [9.17, 15) is 29.3 Å². The second kappa shape index (κ2) is 9.77. The number of nitro benzene ring substituents is 1. The Balaban J connectivity index is 1.52. The molecule has 12 heteroatoms. The van der Waals surface area contributed by atoms with Crippen molar-refractivity contribution < 1.29 is 38.3 Å². The van der Waals surface area contributed by atoms with Crippen LogP contribution in [-0.4, -0.2) is 60.9 Å². The van der Waals surface area contributed by atoms with Gasteiger partial charge in [-0.3, -0.25) is 34.2 Å². The number of nitrogens with one attached hydrogen (secondary N) is 1. The first-order valence-electron chi connectivity index (χ1n) is 9.58. The molecule has 0 unspecified atom stereocenters. The number of hydrogen-bond acceptors (Lipinski definition) is 9. The molecule has 0 atom stereocenters. The highest BCUT2D eigenvalue weighted by atomic mass is 16.6. The number of nitro groups is 1. The third-order valence-corrected chi connectivity index (χ3v) is 4.74. The predicted octanol–water partition coefficient (Wildman–Crippen LogP) is 1.78. The smallest absolute Gasteiger partial charge is 0.308 e. The van der Waals surface area contributed by atoms with Crippen molar-refractivity contribution in [3.8, 4) is 11.5 Å². The molecule has 1 aliphatic rings. The number of carbonyl (C=O) groups is 4. The molecular formula is C21H19N3O9. The van der Waals surface area contributed by atoms with Gasteiger partial charge >= 0.3 is 5.97 Å². The molecule has 0 aliphatic carbocycles. The van der Waals surface area contributed by atoms with Gasteiger partial charge in [-0.1, -0.05) is 6.07 Å². The van der Waals surface area contributed by atoms with Gasteiger partial charge in [-0.2, -0.15) is 0 Å². The molecule has 12 nitrogen and oxygen atoms in total. The summed E-state index contributed by atoms with van der Waals surface area (Å²) in [5.41, 5.74) is -0.504. The van der Waals surface area contributed by atoms with Crippen molar-refractivity contribution in [2.45, 2.75) is 6.42 Å². The molecule has 2 aromatic rings. The summed E-state index contributed by atoms with van der Waals surface area (Å²) in [7, 11) is 2.91. The minimum Gasteiger partial charge on any atom is -0.493 e. The topological polar surface area (TPSA) is 154 Å². The SMILES string of the molecule is COc1ccc(NC(=O)COC(=O)CCN2C(=O)c3cccc([N+](=O)[O-])c3C2=O)cc1OC. The number of methoxy groups -OCH3 is 2. The average Bonchev–Trinajstić information content (AvgIpc) is 3.05. The standard InChI is InChI=1S/C21H19N3O9/c1-31-15-7-6-12(10-16(15)32-2)22-17(25)11-33-18(26)8-9-23-20(27)13-4-3-5-14(24(29)30)19(13)21(23)28/h3-7,10H,8-9,11H2,1-2H3,(H,22,25). The van der Waals surface area contributed by atoms with E-state index in [0.717, 1.165) is 11.0 Å². The van der Waals surface area contributed by atoms with Gasteiger partial charge in [0.2, 0.25) is 0 Å². The molecule has 0 radical (unpaired) electrons. The molecule has 0 saturated carbocycles. The molecule has 172 valence electrons. The van der Waals surface area contributed by atoms with Crippen LogP contribution in [0.2, 0.25) is 0 Å². The molecular weight excluding hydrogens is 438 g/mol. The summed E-state index contributed by atoms with van der Waals surface area (Å²) < 4.78 is 15.1. The van der Waals surface area contributed by atoms with Crippen LogP contribution in [0.25, 0.3) is 0 Å². The Morgan fingerprint density at radius 3 is 2.45 bits per heavy atom. The first-order chi connectivity index (χ1) is 15.8. The Labute approximate surface area is 187 Å². The van der Waals surface area contributed by atoms with Crippen molar-refractivity contribution >= 4 is 35.1 Å². The highest BCUT2D eigenvalue weighted by Gasteiger charge is 2.40. The molecule has 0 saturated heterocycles. The Hall–Kier alpha value is -4.48. The van der Waals surface area contributed by atoms with Crippen molar-refractivity contribution in [2.24, 2.45) is 0 Å². The normalized spacial score (nSPS) is 12.2. The lowest BCUT2D eigenvalue weighted by Crippen LogP contribution is -2.32. The minimum absolute atomic E-state index is 0.100. The summed E-state index contributed by atoms with van der Waals surface area (Å²) in [6, 6.07) is 8.42. The number of imide groups is 1. The number of benzene rings is 2. The molecule has 33 heavy (non-hydrogen) atoms. The van der Waals surface area contributed by atoms with Crippen molar-refractivity contribution in [1.82, 2.24) is 4.90 Å². The number of amides is 3. The van der Waals surface area contributed by atoms with Crippen LogP contribution in [-0.2, 0) is 14.3 Å². The summed E-state index contributed by atoms with van der Waals surface area (Å²) in [5.74, 6) is -2.18. The van der Waals surface area contributed by atoms with E-state index in [4.69, 9.17) is 14.2 Å². The molecule has 0 spiro atoms. The van der Waals surface area contributed by atoms with Gasteiger partial charge in [0.15, 0.2) is 18.1 Å². The van der Waals surface area contributed by atoms with Crippen molar-refractivity contribution in [2.75, 3.05) is 32.7 Å². The van der Waals surface area contributed by atoms with Crippen molar-refractivity contribution in [3.05, 3.63) is 57.6 Å². The first kappa shape index (κ1) is 23.2.